The number of amides is 2. The Balaban J connectivity index is 1.55. The number of thioether (sulfide) groups is 1. The molecule has 3 aromatic carbocycles. The Morgan fingerprint density at radius 3 is 2.59 bits per heavy atom. The van der Waals surface area contributed by atoms with E-state index in [0.717, 1.165) is 33.7 Å². The Bertz CT molecular complexity index is 1140. The van der Waals surface area contributed by atoms with Crippen LogP contribution in [0.5, 0.6) is 5.75 Å². The third kappa shape index (κ3) is 4.16. The van der Waals surface area contributed by atoms with Crippen molar-refractivity contribution in [1.82, 2.24) is 4.90 Å². The number of rotatable bonds is 5. The highest BCUT2D eigenvalue weighted by Crippen LogP contribution is 2.35. The third-order valence-electron chi connectivity index (χ3n) is 4.58. The highest BCUT2D eigenvalue weighted by molar-refractivity contribution is 8.18. The summed E-state index contributed by atoms with van der Waals surface area (Å²) in [6.45, 7) is 2.65. The maximum absolute atomic E-state index is 12.8. The van der Waals surface area contributed by atoms with Gasteiger partial charge in [0.05, 0.1) is 23.1 Å². The molecule has 0 spiro atoms. The first-order chi connectivity index (χ1) is 14.0. The third-order valence-corrected chi connectivity index (χ3v) is 5.78. The Morgan fingerprint density at radius 2 is 1.83 bits per heavy atom. The zero-order chi connectivity index (χ0) is 20.4. The van der Waals surface area contributed by atoms with Crippen LogP contribution in [-0.4, -0.2) is 22.7 Å². The molecule has 0 N–H and O–H groups in total. The molecule has 1 aliphatic rings. The summed E-state index contributed by atoms with van der Waals surface area (Å²) in [4.78, 5) is 26.9. The minimum Gasteiger partial charge on any atom is -0.492 e. The number of halogens is 1. The summed E-state index contributed by atoms with van der Waals surface area (Å²) in [7, 11) is 0. The van der Waals surface area contributed by atoms with Gasteiger partial charge in [0, 0.05) is 0 Å². The molecule has 4 nitrogen and oxygen atoms in total. The predicted octanol–water partition coefficient (Wildman–Crippen LogP) is 6.13. The first-order valence-corrected chi connectivity index (χ1v) is 10.4. The Hall–Kier alpha value is -2.76. The molecule has 2 amide bonds. The van der Waals surface area contributed by atoms with Crippen LogP contribution in [0.25, 0.3) is 16.8 Å². The summed E-state index contributed by atoms with van der Waals surface area (Å²) in [5.74, 6) is 0.300. The van der Waals surface area contributed by atoms with Gasteiger partial charge in [-0.25, -0.2) is 0 Å². The molecular weight excluding hydrogens is 406 g/mol. The van der Waals surface area contributed by atoms with E-state index in [9.17, 15) is 9.59 Å². The van der Waals surface area contributed by atoms with E-state index in [2.05, 4.69) is 0 Å². The van der Waals surface area contributed by atoms with Crippen LogP contribution >= 0.6 is 23.4 Å². The summed E-state index contributed by atoms with van der Waals surface area (Å²) in [5.41, 5.74) is 1.66. The maximum Gasteiger partial charge on any atom is 0.293 e. The minimum atomic E-state index is -0.293. The number of benzene rings is 3. The van der Waals surface area contributed by atoms with Gasteiger partial charge in [0.2, 0.25) is 0 Å². The second-order valence-corrected chi connectivity index (χ2v) is 7.97. The number of fused-ring (bicyclic) bond motifs is 1. The molecule has 0 saturated carbocycles. The van der Waals surface area contributed by atoms with E-state index in [-0.39, 0.29) is 17.7 Å². The molecule has 3 aromatic rings. The maximum atomic E-state index is 12.8. The van der Waals surface area contributed by atoms with Gasteiger partial charge in [0.1, 0.15) is 5.75 Å². The van der Waals surface area contributed by atoms with Crippen molar-refractivity contribution in [2.75, 3.05) is 6.61 Å². The molecule has 0 bridgehead atoms. The number of carbonyl (C=O) groups is 2. The lowest BCUT2D eigenvalue weighted by Crippen LogP contribution is -2.27. The van der Waals surface area contributed by atoms with Gasteiger partial charge < -0.3 is 4.74 Å². The lowest BCUT2D eigenvalue weighted by molar-refractivity contribution is -0.123. The van der Waals surface area contributed by atoms with Crippen molar-refractivity contribution in [3.63, 3.8) is 0 Å². The molecule has 1 heterocycles. The van der Waals surface area contributed by atoms with Crippen molar-refractivity contribution in [2.45, 2.75) is 13.5 Å². The first-order valence-electron chi connectivity index (χ1n) is 9.20. The zero-order valence-electron chi connectivity index (χ0n) is 15.7. The molecule has 146 valence electrons. The number of ether oxygens (including phenoxy) is 1. The number of hydrogen-bond acceptors (Lipinski definition) is 4. The minimum absolute atomic E-state index is 0.247. The smallest absolute Gasteiger partial charge is 0.293 e. The van der Waals surface area contributed by atoms with Crippen molar-refractivity contribution >= 4 is 51.4 Å². The van der Waals surface area contributed by atoms with Crippen LogP contribution in [-0.2, 0) is 11.3 Å². The van der Waals surface area contributed by atoms with Crippen molar-refractivity contribution in [3.8, 4) is 5.75 Å². The van der Waals surface area contributed by atoms with E-state index in [1.807, 2.05) is 55.5 Å². The molecule has 0 aliphatic carbocycles. The van der Waals surface area contributed by atoms with Crippen LogP contribution in [0.2, 0.25) is 5.02 Å². The van der Waals surface area contributed by atoms with Crippen LogP contribution in [0.3, 0.4) is 0 Å². The fourth-order valence-electron chi connectivity index (χ4n) is 3.19. The van der Waals surface area contributed by atoms with Crippen LogP contribution < -0.4 is 4.74 Å². The van der Waals surface area contributed by atoms with Gasteiger partial charge in [-0.1, -0.05) is 54.1 Å². The second kappa shape index (κ2) is 8.31. The monoisotopic (exact) mass is 423 g/mol. The highest BCUT2D eigenvalue weighted by Gasteiger charge is 2.35. The SMILES string of the molecule is CCOc1ccc(/C=C2\SC(=O)N(Cc3ccc4ccccc4c3)C2=O)cc1Cl. The number of carbonyl (C=O) groups excluding carboxylic acids is 2. The molecule has 0 radical (unpaired) electrons. The van der Waals surface area contributed by atoms with E-state index in [1.54, 1.807) is 18.2 Å². The average Bonchev–Trinajstić information content (AvgIpc) is 2.97. The summed E-state index contributed by atoms with van der Waals surface area (Å²) in [6.07, 6.45) is 1.69. The summed E-state index contributed by atoms with van der Waals surface area (Å²) in [5, 5.41) is 2.40. The lowest BCUT2D eigenvalue weighted by atomic mass is 10.1. The number of nitrogens with zero attached hydrogens (tertiary/aromatic N) is 1. The van der Waals surface area contributed by atoms with Gasteiger partial charge in [-0.2, -0.15) is 0 Å². The van der Waals surface area contributed by atoms with Crippen molar-refractivity contribution in [2.24, 2.45) is 0 Å². The molecule has 1 saturated heterocycles. The molecule has 0 aromatic heterocycles. The fourth-order valence-corrected chi connectivity index (χ4v) is 4.27. The Morgan fingerprint density at radius 1 is 1.03 bits per heavy atom. The fraction of sp³-hybridized carbons (Fsp3) is 0.130. The molecule has 1 aliphatic heterocycles. The van der Waals surface area contributed by atoms with Crippen LogP contribution in [0.1, 0.15) is 18.1 Å². The Kier molecular flexibility index (Phi) is 5.60. The van der Waals surface area contributed by atoms with E-state index >= 15 is 0 Å². The molecule has 4 rings (SSSR count). The molecule has 1 fully saturated rings. The molecule has 0 atom stereocenters. The van der Waals surface area contributed by atoms with Gasteiger partial charge in [-0.15, -0.1) is 0 Å². The van der Waals surface area contributed by atoms with Gasteiger partial charge in [0.15, 0.2) is 0 Å². The van der Waals surface area contributed by atoms with Crippen LogP contribution in [0, 0.1) is 0 Å². The highest BCUT2D eigenvalue weighted by atomic mass is 35.5. The average molecular weight is 424 g/mol. The standard InChI is InChI=1S/C23H18ClNO3S/c1-2-28-20-10-8-15(12-19(20)24)13-21-22(26)25(23(27)29-21)14-16-7-9-17-5-3-4-6-18(17)11-16/h3-13H,2,14H2,1H3/b21-13-. The quantitative estimate of drug-likeness (QED) is 0.463. The molecule has 0 unspecified atom stereocenters. The predicted molar refractivity (Wildman–Crippen MR) is 118 cm³/mol. The summed E-state index contributed by atoms with van der Waals surface area (Å²) in [6, 6.07) is 19.3. The Labute approximate surface area is 178 Å². The first kappa shape index (κ1) is 19.6. The van der Waals surface area contributed by atoms with E-state index in [4.69, 9.17) is 16.3 Å². The van der Waals surface area contributed by atoms with Crippen LogP contribution in [0.15, 0.2) is 65.6 Å². The van der Waals surface area contributed by atoms with Gasteiger partial charge in [-0.3, -0.25) is 14.5 Å². The second-order valence-electron chi connectivity index (χ2n) is 6.57. The summed E-state index contributed by atoms with van der Waals surface area (Å²) >= 11 is 7.16. The molecule has 6 heteroatoms. The zero-order valence-corrected chi connectivity index (χ0v) is 17.3. The van der Waals surface area contributed by atoms with Crippen molar-refractivity contribution in [3.05, 3.63) is 81.7 Å². The largest absolute Gasteiger partial charge is 0.492 e. The van der Waals surface area contributed by atoms with Crippen molar-refractivity contribution in [1.29, 1.82) is 0 Å². The molecule has 29 heavy (non-hydrogen) atoms. The summed E-state index contributed by atoms with van der Waals surface area (Å²) < 4.78 is 5.43. The van der Waals surface area contributed by atoms with Gasteiger partial charge in [-0.05, 0) is 64.9 Å². The molecular formula is C23H18ClNO3S. The van der Waals surface area contributed by atoms with E-state index < -0.39 is 0 Å². The number of imide groups is 1. The van der Waals surface area contributed by atoms with Crippen LogP contribution in [0.4, 0.5) is 4.79 Å². The lowest BCUT2D eigenvalue weighted by Gasteiger charge is -2.13. The van der Waals surface area contributed by atoms with Gasteiger partial charge >= 0.3 is 0 Å². The number of hydrogen-bond donors (Lipinski definition) is 0. The van der Waals surface area contributed by atoms with Crippen molar-refractivity contribution < 1.29 is 14.3 Å². The van der Waals surface area contributed by atoms with E-state index in [0.29, 0.717) is 22.3 Å². The normalized spacial score (nSPS) is 15.5. The van der Waals surface area contributed by atoms with Gasteiger partial charge in [0.25, 0.3) is 11.1 Å². The van der Waals surface area contributed by atoms with E-state index in [1.165, 1.54) is 4.90 Å². The topological polar surface area (TPSA) is 46.6 Å².